The summed E-state index contributed by atoms with van der Waals surface area (Å²) in [6.45, 7) is 8.48. The van der Waals surface area contributed by atoms with Gasteiger partial charge in [-0.05, 0) is 119 Å². The van der Waals surface area contributed by atoms with Gasteiger partial charge in [-0.1, -0.05) is 89.1 Å². The topological polar surface area (TPSA) is 142 Å². The summed E-state index contributed by atoms with van der Waals surface area (Å²) in [6.07, 6.45) is 10.2. The van der Waals surface area contributed by atoms with Crippen LogP contribution in [0.2, 0.25) is 0 Å². The third kappa shape index (κ3) is 8.55. The van der Waals surface area contributed by atoms with Crippen LogP contribution in [0.15, 0.2) is 71.9 Å². The average molecular weight is 840 g/mol. The van der Waals surface area contributed by atoms with E-state index in [1.807, 2.05) is 38.8 Å². The Bertz CT molecular complexity index is 2410. The molecule has 326 valence electrons. The number of allylic oxidation sites excluding steroid dienone is 1. The number of fused-ring (bicyclic) bond motifs is 2. The molecular weight excluding hydrogens is 779 g/mol. The summed E-state index contributed by atoms with van der Waals surface area (Å²) in [6, 6.07) is 20.8. The molecule has 11 nitrogen and oxygen atoms in total. The quantitative estimate of drug-likeness (QED) is 0.130. The van der Waals surface area contributed by atoms with E-state index in [0.29, 0.717) is 6.54 Å². The van der Waals surface area contributed by atoms with E-state index in [1.165, 1.54) is 25.3 Å². The van der Waals surface area contributed by atoms with Gasteiger partial charge in [-0.15, -0.1) is 0 Å². The Morgan fingerprint density at radius 3 is 2.02 bits per heavy atom. The molecule has 2 fully saturated rings. The lowest BCUT2D eigenvalue weighted by atomic mass is 9.71. The van der Waals surface area contributed by atoms with E-state index in [4.69, 9.17) is 14.5 Å². The highest BCUT2D eigenvalue weighted by Gasteiger charge is 2.41. The van der Waals surface area contributed by atoms with E-state index in [1.54, 1.807) is 0 Å². The van der Waals surface area contributed by atoms with Crippen LogP contribution in [0.4, 0.5) is 9.59 Å². The van der Waals surface area contributed by atoms with Gasteiger partial charge in [0.25, 0.3) is 0 Å². The van der Waals surface area contributed by atoms with E-state index in [9.17, 15) is 19.2 Å². The highest BCUT2D eigenvalue weighted by molar-refractivity contribution is 6.04. The number of carbonyl (C=O) groups is 4. The zero-order chi connectivity index (χ0) is 43.7. The van der Waals surface area contributed by atoms with Gasteiger partial charge in [0, 0.05) is 48.1 Å². The lowest BCUT2D eigenvalue weighted by Crippen LogP contribution is -2.51. The number of nitrogens with zero attached hydrogens (tertiary/aromatic N) is 2. The van der Waals surface area contributed by atoms with Gasteiger partial charge in [0.1, 0.15) is 6.04 Å². The second-order valence-corrected chi connectivity index (χ2v) is 18.3. The first-order valence-corrected chi connectivity index (χ1v) is 22.6. The Morgan fingerprint density at radius 2 is 1.32 bits per heavy atom. The van der Waals surface area contributed by atoms with E-state index < -0.39 is 24.3 Å². The minimum Gasteiger partial charge on any atom is -0.453 e. The van der Waals surface area contributed by atoms with Crippen molar-refractivity contribution < 1.29 is 28.7 Å². The summed E-state index contributed by atoms with van der Waals surface area (Å²) in [5.74, 6) is -0.206. The van der Waals surface area contributed by atoms with Gasteiger partial charge in [0.05, 0.1) is 26.3 Å². The molecule has 3 aromatic carbocycles. The number of ketones is 1. The third-order valence-corrected chi connectivity index (χ3v) is 13.8. The van der Waals surface area contributed by atoms with Gasteiger partial charge in [-0.3, -0.25) is 14.6 Å². The minimum atomic E-state index is -0.648. The molecule has 4 aromatic rings. The fraction of sp³-hybridized carbons (Fsp3) is 0.471. The zero-order valence-corrected chi connectivity index (χ0v) is 37.0. The Kier molecular flexibility index (Phi) is 12.7. The number of aromatic amines is 1. The fourth-order valence-corrected chi connectivity index (χ4v) is 10.5. The molecule has 1 saturated heterocycles. The molecule has 1 saturated carbocycles. The molecular formula is C51H61N5O6. The maximum atomic E-state index is 13.9. The molecule has 3 heterocycles. The van der Waals surface area contributed by atoms with Crippen LogP contribution in [0.25, 0.3) is 38.7 Å². The normalized spacial score (nSPS) is 20.8. The number of hydrogen-bond acceptors (Lipinski definition) is 7. The number of alkyl carbamates (subject to hydrolysis) is 2. The van der Waals surface area contributed by atoms with Crippen LogP contribution in [0.5, 0.6) is 0 Å². The monoisotopic (exact) mass is 839 g/mol. The molecule has 0 bridgehead atoms. The molecule has 2 aliphatic carbocycles. The summed E-state index contributed by atoms with van der Waals surface area (Å²) in [7, 11) is 2.65. The molecule has 0 radical (unpaired) electrons. The Labute approximate surface area is 365 Å². The van der Waals surface area contributed by atoms with Crippen LogP contribution in [-0.2, 0) is 31.9 Å². The number of methoxy groups -OCH3 is 2. The number of H-pyrrole nitrogens is 1. The Balaban J connectivity index is 0.957. The zero-order valence-electron chi connectivity index (χ0n) is 37.0. The standard InChI is InChI=1S/C51H61N5O6/c1-29(2)44(54-50(59)61-5)48(57)41-12-8-7-11-38(41)42-27-37(28-52-42)36-23-22-34-25-33(20-21-35(34)26-36)31-16-18-32(19-17-31)46-39-13-9-14-40(39)47(53-46)43-15-10-24-56(43)49(58)45(30(3)4)55-51(60)62-6/h16-23,25-26,28-30,38,41,43-45,53H,7-15,24,27H2,1-6H3,(H,54,59)(H,55,60)/t38?,41?,43-,44?,45-/m0/s1. The van der Waals surface area contributed by atoms with Gasteiger partial charge >= 0.3 is 12.2 Å². The van der Waals surface area contributed by atoms with Crippen LogP contribution in [0.3, 0.4) is 0 Å². The summed E-state index contributed by atoms with van der Waals surface area (Å²) < 4.78 is 9.68. The molecule has 4 aliphatic rings. The molecule has 8 rings (SSSR count). The molecule has 62 heavy (non-hydrogen) atoms. The molecule has 1 aromatic heterocycles. The number of carbonyl (C=O) groups excluding carboxylic acids is 4. The number of amides is 3. The first-order chi connectivity index (χ1) is 29.9. The number of rotatable bonds is 12. The fourth-order valence-electron chi connectivity index (χ4n) is 10.5. The molecule has 11 heteroatoms. The number of nitrogens with one attached hydrogen (secondary N) is 3. The smallest absolute Gasteiger partial charge is 0.407 e. The largest absolute Gasteiger partial charge is 0.453 e. The van der Waals surface area contributed by atoms with Crippen molar-refractivity contribution in [3.8, 4) is 22.4 Å². The minimum absolute atomic E-state index is 0.0436. The maximum Gasteiger partial charge on any atom is 0.407 e. The number of hydrogen-bond donors (Lipinski definition) is 3. The molecule has 3 N–H and O–H groups in total. The van der Waals surface area contributed by atoms with Crippen molar-refractivity contribution in [2.24, 2.45) is 28.7 Å². The summed E-state index contributed by atoms with van der Waals surface area (Å²) in [5, 5.41) is 7.89. The van der Waals surface area contributed by atoms with Crippen LogP contribution >= 0.6 is 0 Å². The van der Waals surface area contributed by atoms with E-state index in [-0.39, 0.29) is 41.4 Å². The van der Waals surface area contributed by atoms with Crippen molar-refractivity contribution in [2.45, 2.75) is 110 Å². The predicted molar refractivity (Wildman–Crippen MR) is 244 cm³/mol. The van der Waals surface area contributed by atoms with Crippen LogP contribution in [0, 0.1) is 23.7 Å². The molecule has 0 spiro atoms. The second-order valence-electron chi connectivity index (χ2n) is 18.3. The lowest BCUT2D eigenvalue weighted by Gasteiger charge is -2.34. The molecule has 5 atom stereocenters. The van der Waals surface area contributed by atoms with Crippen molar-refractivity contribution in [3.63, 3.8) is 0 Å². The van der Waals surface area contributed by atoms with Crippen LogP contribution in [-0.4, -0.2) is 72.3 Å². The number of likely N-dealkylation sites (tertiary alicyclic amines) is 1. The van der Waals surface area contributed by atoms with E-state index in [0.717, 1.165) is 120 Å². The lowest BCUT2D eigenvalue weighted by molar-refractivity contribution is -0.135. The number of Topliss-reactive ketones (excluding diaryl/α,β-unsaturated/α-hetero) is 1. The number of ether oxygens (including phenoxy) is 2. The van der Waals surface area contributed by atoms with Crippen molar-refractivity contribution in [1.29, 1.82) is 0 Å². The van der Waals surface area contributed by atoms with Crippen molar-refractivity contribution in [3.05, 3.63) is 89.2 Å². The first-order valence-electron chi connectivity index (χ1n) is 22.6. The first kappa shape index (κ1) is 43.0. The molecule has 2 aliphatic heterocycles. The third-order valence-electron chi connectivity index (χ3n) is 13.8. The SMILES string of the molecule is COC(=O)NC(C(=O)C1CCCCC1C1=NC=C(c2ccc3cc(-c4ccc(-c5[nH]c([C@@H]6CCCN6C(=O)[C@@H](NC(=O)OC)C(C)C)c6c5CCC6)cc4)ccc3c2)C1)C(C)C. The summed E-state index contributed by atoms with van der Waals surface area (Å²) >= 11 is 0. The van der Waals surface area contributed by atoms with Crippen molar-refractivity contribution >= 4 is 45.9 Å². The van der Waals surface area contributed by atoms with Gasteiger partial charge in [0.2, 0.25) is 5.91 Å². The van der Waals surface area contributed by atoms with Crippen molar-refractivity contribution in [2.75, 3.05) is 20.8 Å². The number of aliphatic imine (C=N–C) groups is 1. The number of aromatic nitrogens is 1. The van der Waals surface area contributed by atoms with Crippen LogP contribution in [0.1, 0.15) is 107 Å². The Morgan fingerprint density at radius 1 is 0.710 bits per heavy atom. The van der Waals surface area contributed by atoms with Gasteiger partial charge < -0.3 is 30.0 Å². The Hall–Kier alpha value is -5.71. The van der Waals surface area contributed by atoms with Gasteiger partial charge in [-0.25, -0.2) is 9.59 Å². The summed E-state index contributed by atoms with van der Waals surface area (Å²) in [4.78, 5) is 62.7. The maximum absolute atomic E-state index is 13.9. The predicted octanol–water partition coefficient (Wildman–Crippen LogP) is 9.98. The van der Waals surface area contributed by atoms with E-state index >= 15 is 0 Å². The van der Waals surface area contributed by atoms with Crippen molar-refractivity contribution in [1.82, 2.24) is 20.5 Å². The highest BCUT2D eigenvalue weighted by Crippen LogP contribution is 2.43. The summed E-state index contributed by atoms with van der Waals surface area (Å²) in [5.41, 5.74) is 11.8. The highest BCUT2D eigenvalue weighted by atomic mass is 16.5. The van der Waals surface area contributed by atoms with Gasteiger partial charge in [0.15, 0.2) is 5.78 Å². The van der Waals surface area contributed by atoms with Crippen LogP contribution < -0.4 is 10.6 Å². The van der Waals surface area contributed by atoms with Gasteiger partial charge in [-0.2, -0.15) is 0 Å². The molecule has 3 amide bonds. The number of benzene rings is 3. The second kappa shape index (κ2) is 18.3. The average Bonchev–Trinajstić information content (AvgIpc) is 4.12. The molecule has 3 unspecified atom stereocenters. The van der Waals surface area contributed by atoms with E-state index in [2.05, 4.69) is 76.3 Å².